The molecule has 5 nitrogen and oxygen atoms in total. The second kappa shape index (κ2) is 11.2. The average Bonchev–Trinajstić information content (AvgIpc) is 3.30. The molecule has 1 aliphatic carbocycles. The largest absolute Gasteiger partial charge is 0.392 e. The number of carbonyl (C=O) groups is 2. The molecule has 2 aromatic carbocycles. The van der Waals surface area contributed by atoms with Gasteiger partial charge in [-0.25, -0.2) is 0 Å². The Kier molecular flexibility index (Phi) is 9.18. The maximum atomic E-state index is 13.1. The van der Waals surface area contributed by atoms with E-state index in [9.17, 15) is 14.7 Å². The molecule has 2 aromatic rings. The third kappa shape index (κ3) is 6.13. The van der Waals surface area contributed by atoms with Crippen molar-refractivity contribution in [1.82, 2.24) is 9.80 Å². The highest BCUT2D eigenvalue weighted by Crippen LogP contribution is 2.25. The number of likely N-dealkylation sites (tertiary alicyclic amines) is 1. The normalized spacial score (nSPS) is 18.6. The number of aliphatic hydroxyl groups excluding tert-OH is 1. The first-order chi connectivity index (χ1) is 14.0. The Bertz CT molecular complexity index is 907. The van der Waals surface area contributed by atoms with E-state index in [1.165, 1.54) is 0 Å². The van der Waals surface area contributed by atoms with Gasteiger partial charge in [-0.3, -0.25) is 14.5 Å². The van der Waals surface area contributed by atoms with Crippen LogP contribution in [0.4, 0.5) is 0 Å². The summed E-state index contributed by atoms with van der Waals surface area (Å²) in [6.07, 6.45) is 1.83. The van der Waals surface area contributed by atoms with Crippen molar-refractivity contribution < 1.29 is 14.7 Å². The van der Waals surface area contributed by atoms with Crippen LogP contribution in [0.25, 0.3) is 0 Å². The molecular weight excluding hydrogens is 428 g/mol. The number of β-amino-alcohol motifs (C(OH)–C–C–N with tert-alkyl or cyclic N) is 1. The number of nitrogens with zero attached hydrogens (tertiary/aromatic N) is 2. The van der Waals surface area contributed by atoms with Gasteiger partial charge < -0.3 is 10.0 Å². The van der Waals surface area contributed by atoms with Crippen molar-refractivity contribution in [2.45, 2.75) is 37.8 Å². The SMILES string of the molecule is CN(C(=O)Cc1ccc2c(c1)CC(=O)C2)[C@H](CN1CC[C@H](O)C1)c1ccccc1.S.S. The smallest absolute Gasteiger partial charge is 0.227 e. The molecule has 0 unspecified atom stereocenters. The van der Waals surface area contributed by atoms with Gasteiger partial charge in [0.25, 0.3) is 0 Å². The van der Waals surface area contributed by atoms with Gasteiger partial charge in [-0.05, 0) is 28.7 Å². The Hall–Kier alpha value is -1.80. The molecule has 1 amide bonds. The van der Waals surface area contributed by atoms with Gasteiger partial charge in [0.2, 0.25) is 5.91 Å². The summed E-state index contributed by atoms with van der Waals surface area (Å²) in [5.74, 6) is 0.306. The van der Waals surface area contributed by atoms with E-state index in [4.69, 9.17) is 0 Å². The first-order valence-corrected chi connectivity index (χ1v) is 10.3. The molecule has 1 heterocycles. The highest BCUT2D eigenvalue weighted by molar-refractivity contribution is 7.59. The monoisotopic (exact) mass is 460 g/mol. The fourth-order valence-electron chi connectivity index (χ4n) is 4.44. The molecule has 31 heavy (non-hydrogen) atoms. The second-order valence-electron chi connectivity index (χ2n) is 8.31. The van der Waals surface area contributed by atoms with E-state index in [0.717, 1.165) is 35.2 Å². The number of benzene rings is 2. The summed E-state index contributed by atoms with van der Waals surface area (Å²) in [4.78, 5) is 28.9. The molecule has 1 saturated heterocycles. The van der Waals surface area contributed by atoms with Crippen molar-refractivity contribution in [1.29, 1.82) is 0 Å². The number of hydrogen-bond donors (Lipinski definition) is 1. The first-order valence-electron chi connectivity index (χ1n) is 10.3. The minimum atomic E-state index is -0.276. The van der Waals surface area contributed by atoms with Crippen LogP contribution in [0.5, 0.6) is 0 Å². The molecule has 2 atom stereocenters. The number of likely N-dealkylation sites (N-methyl/N-ethyl adjacent to an activating group) is 1. The van der Waals surface area contributed by atoms with Crippen molar-refractivity contribution in [2.75, 3.05) is 26.7 Å². The van der Waals surface area contributed by atoms with Crippen LogP contribution >= 0.6 is 27.0 Å². The minimum Gasteiger partial charge on any atom is -0.392 e. The van der Waals surface area contributed by atoms with Crippen LogP contribution in [-0.4, -0.2) is 59.4 Å². The Morgan fingerprint density at radius 1 is 1.13 bits per heavy atom. The van der Waals surface area contributed by atoms with E-state index in [1.807, 2.05) is 48.3 Å². The maximum Gasteiger partial charge on any atom is 0.227 e. The van der Waals surface area contributed by atoms with Crippen molar-refractivity contribution in [3.05, 3.63) is 70.8 Å². The summed E-state index contributed by atoms with van der Waals surface area (Å²) >= 11 is 0. The van der Waals surface area contributed by atoms with Crippen LogP contribution in [0.2, 0.25) is 0 Å². The third-order valence-electron chi connectivity index (χ3n) is 6.13. The van der Waals surface area contributed by atoms with E-state index in [2.05, 4.69) is 17.0 Å². The number of rotatable bonds is 6. The lowest BCUT2D eigenvalue weighted by molar-refractivity contribution is -0.131. The molecule has 0 radical (unpaired) electrons. The van der Waals surface area contributed by atoms with Crippen LogP contribution in [0, 0.1) is 0 Å². The highest BCUT2D eigenvalue weighted by Gasteiger charge is 2.28. The molecule has 1 aliphatic heterocycles. The highest BCUT2D eigenvalue weighted by atomic mass is 32.1. The van der Waals surface area contributed by atoms with Gasteiger partial charge >= 0.3 is 0 Å². The van der Waals surface area contributed by atoms with E-state index in [-0.39, 0.29) is 50.8 Å². The lowest BCUT2D eigenvalue weighted by Crippen LogP contribution is -2.39. The van der Waals surface area contributed by atoms with Gasteiger partial charge in [0.1, 0.15) is 5.78 Å². The summed E-state index contributed by atoms with van der Waals surface area (Å²) < 4.78 is 0. The summed E-state index contributed by atoms with van der Waals surface area (Å²) in [7, 11) is 1.86. The number of carbonyl (C=O) groups excluding carboxylic acids is 2. The Balaban J connectivity index is 0.00000171. The molecule has 7 heteroatoms. The zero-order chi connectivity index (χ0) is 20.4. The molecule has 168 valence electrons. The van der Waals surface area contributed by atoms with Crippen LogP contribution in [-0.2, 0) is 28.9 Å². The molecule has 0 aromatic heterocycles. The number of Topliss-reactive ketones (excluding diaryl/α,β-unsaturated/α-hetero) is 1. The van der Waals surface area contributed by atoms with Crippen LogP contribution in [0.1, 0.15) is 34.7 Å². The number of fused-ring (bicyclic) bond motifs is 1. The quantitative estimate of drug-likeness (QED) is 0.719. The van der Waals surface area contributed by atoms with Gasteiger partial charge in [0, 0.05) is 39.5 Å². The molecule has 1 fully saturated rings. The number of ketones is 1. The fourth-order valence-corrected chi connectivity index (χ4v) is 4.44. The predicted octanol–water partition coefficient (Wildman–Crippen LogP) is 2.39. The Labute approximate surface area is 198 Å². The topological polar surface area (TPSA) is 60.9 Å². The molecule has 2 aliphatic rings. The summed E-state index contributed by atoms with van der Waals surface area (Å²) in [5.41, 5.74) is 4.21. The third-order valence-corrected chi connectivity index (χ3v) is 6.13. The standard InChI is InChI=1S/C24H28N2O3.2H2S/c1-25(24(29)12-17-7-8-19-13-22(28)14-20(19)11-17)23(18-5-3-2-4-6-18)16-26-10-9-21(27)15-26;;/h2-8,11,21,23,27H,9-10,12-16H2,1H3;2*1H2/t21-,23+;;/m0../s1. The molecule has 0 spiro atoms. The van der Waals surface area contributed by atoms with E-state index >= 15 is 0 Å². The van der Waals surface area contributed by atoms with E-state index < -0.39 is 0 Å². The second-order valence-corrected chi connectivity index (χ2v) is 8.31. The fraction of sp³-hybridized carbons (Fsp3) is 0.417. The van der Waals surface area contributed by atoms with Gasteiger partial charge in [-0.15, -0.1) is 0 Å². The minimum absolute atomic E-state index is 0. The average molecular weight is 461 g/mol. The lowest BCUT2D eigenvalue weighted by atomic mass is 10.0. The van der Waals surface area contributed by atoms with Crippen molar-refractivity contribution >= 4 is 38.7 Å². The Morgan fingerprint density at radius 2 is 1.84 bits per heavy atom. The molecule has 4 rings (SSSR count). The zero-order valence-electron chi connectivity index (χ0n) is 17.9. The van der Waals surface area contributed by atoms with E-state index in [0.29, 0.717) is 32.4 Å². The van der Waals surface area contributed by atoms with Gasteiger partial charge in [-0.1, -0.05) is 48.5 Å². The zero-order valence-corrected chi connectivity index (χ0v) is 19.9. The number of amides is 1. The van der Waals surface area contributed by atoms with Gasteiger partial charge in [0.15, 0.2) is 0 Å². The first kappa shape index (κ1) is 25.5. The molecule has 1 N–H and O–H groups in total. The molecular formula is C24H32N2O3S2. The van der Waals surface area contributed by atoms with Crippen molar-refractivity contribution in [3.63, 3.8) is 0 Å². The van der Waals surface area contributed by atoms with Crippen LogP contribution in [0.15, 0.2) is 48.5 Å². The van der Waals surface area contributed by atoms with Gasteiger partial charge in [0.05, 0.1) is 18.6 Å². The summed E-state index contributed by atoms with van der Waals surface area (Å²) in [5, 5.41) is 9.88. The van der Waals surface area contributed by atoms with Gasteiger partial charge in [-0.2, -0.15) is 27.0 Å². The van der Waals surface area contributed by atoms with Crippen LogP contribution in [0.3, 0.4) is 0 Å². The maximum absolute atomic E-state index is 13.1. The molecule has 0 saturated carbocycles. The van der Waals surface area contributed by atoms with Crippen molar-refractivity contribution in [3.8, 4) is 0 Å². The predicted molar refractivity (Wildman–Crippen MR) is 132 cm³/mol. The summed E-state index contributed by atoms with van der Waals surface area (Å²) in [6, 6.07) is 16.0. The van der Waals surface area contributed by atoms with Crippen LogP contribution < -0.4 is 0 Å². The summed E-state index contributed by atoms with van der Waals surface area (Å²) in [6.45, 7) is 2.22. The Morgan fingerprint density at radius 3 is 2.52 bits per heavy atom. The van der Waals surface area contributed by atoms with E-state index in [1.54, 1.807) is 0 Å². The number of hydrogen-bond acceptors (Lipinski definition) is 4. The van der Waals surface area contributed by atoms with Crippen molar-refractivity contribution in [2.24, 2.45) is 0 Å². The number of aliphatic hydroxyl groups is 1. The lowest BCUT2D eigenvalue weighted by Gasteiger charge is -2.32. The molecule has 0 bridgehead atoms.